The highest BCUT2D eigenvalue weighted by atomic mass is 32.2. The number of aryl methyl sites for hydroxylation is 1. The van der Waals surface area contributed by atoms with E-state index in [1.165, 1.54) is 23.9 Å². The summed E-state index contributed by atoms with van der Waals surface area (Å²) in [7, 11) is 1.33. The Bertz CT molecular complexity index is 1560. The van der Waals surface area contributed by atoms with Crippen LogP contribution in [0.15, 0.2) is 43.0 Å². The van der Waals surface area contributed by atoms with Crippen molar-refractivity contribution in [1.82, 2.24) is 24.4 Å². The van der Waals surface area contributed by atoms with E-state index < -0.39 is 41.8 Å². The van der Waals surface area contributed by atoms with Crippen LogP contribution in [0.5, 0.6) is 0 Å². The molecule has 3 aliphatic heterocycles. The van der Waals surface area contributed by atoms with Gasteiger partial charge in [0.2, 0.25) is 0 Å². The summed E-state index contributed by atoms with van der Waals surface area (Å²) in [5.41, 5.74) is 1.91. The minimum atomic E-state index is -0.798. The lowest BCUT2D eigenvalue weighted by molar-refractivity contribution is -0.193. The van der Waals surface area contributed by atoms with Crippen molar-refractivity contribution in [3.05, 3.63) is 48.5 Å². The standard InChI is InChI=1S/C33H44N6O7S/c1-32(2,3)46-31(41)38-16-21(15-22(38)30(40)42-6)47-17-23-25-26(45-33(4,5)44-25)29(43-23)39-19-37-24-27(35-18-36-28(24)39)34-14-10-13-20-11-8-7-9-12-20/h7-9,11-12,18-19,21-23,25-26,29H,10,13-17H2,1-6H3,(H,34,35,36)/t21-,22-,23+,25+,26+,29+/m0/s1. The minimum Gasteiger partial charge on any atom is -0.467 e. The Morgan fingerprint density at radius 1 is 1.11 bits per heavy atom. The van der Waals surface area contributed by atoms with Gasteiger partial charge in [-0.05, 0) is 59.4 Å². The lowest BCUT2D eigenvalue weighted by atomic mass is 10.1. The first kappa shape index (κ1) is 33.4. The zero-order valence-electron chi connectivity index (χ0n) is 27.8. The van der Waals surface area contributed by atoms with Gasteiger partial charge in [-0.15, -0.1) is 0 Å². The molecule has 47 heavy (non-hydrogen) atoms. The van der Waals surface area contributed by atoms with E-state index in [0.717, 1.165) is 19.4 Å². The van der Waals surface area contributed by atoms with Crippen LogP contribution in [0.4, 0.5) is 10.6 Å². The molecule has 1 amide bonds. The molecular weight excluding hydrogens is 624 g/mol. The lowest BCUT2D eigenvalue weighted by Crippen LogP contribution is -2.43. The highest BCUT2D eigenvalue weighted by Gasteiger charge is 2.56. The summed E-state index contributed by atoms with van der Waals surface area (Å²) in [4.78, 5) is 40.7. The van der Waals surface area contributed by atoms with Crippen LogP contribution in [0.1, 0.15) is 59.3 Å². The molecule has 5 heterocycles. The number of amides is 1. The molecule has 13 nitrogen and oxygen atoms in total. The number of hydrogen-bond acceptors (Lipinski definition) is 12. The molecule has 6 atom stereocenters. The maximum absolute atomic E-state index is 13.0. The van der Waals surface area contributed by atoms with Crippen molar-refractivity contribution in [2.75, 3.05) is 31.3 Å². The van der Waals surface area contributed by atoms with Gasteiger partial charge in [0.25, 0.3) is 0 Å². The number of benzene rings is 1. The largest absolute Gasteiger partial charge is 0.467 e. The Balaban J connectivity index is 1.13. The lowest BCUT2D eigenvalue weighted by Gasteiger charge is -2.27. The van der Waals surface area contributed by atoms with Crippen molar-refractivity contribution in [3.8, 4) is 0 Å². The van der Waals surface area contributed by atoms with Crippen LogP contribution in [-0.4, -0.2) is 103 Å². The monoisotopic (exact) mass is 668 g/mol. The summed E-state index contributed by atoms with van der Waals surface area (Å²) < 4.78 is 31.9. The molecule has 0 unspecified atom stereocenters. The number of ether oxygens (including phenoxy) is 5. The fourth-order valence-corrected chi connectivity index (χ4v) is 7.67. The average Bonchev–Trinajstić information content (AvgIpc) is 3.79. The van der Waals surface area contributed by atoms with Gasteiger partial charge >= 0.3 is 12.1 Å². The van der Waals surface area contributed by atoms with Crippen LogP contribution >= 0.6 is 11.8 Å². The number of rotatable bonds is 10. The summed E-state index contributed by atoms with van der Waals surface area (Å²) in [6, 6.07) is 9.69. The number of carbonyl (C=O) groups excluding carboxylic acids is 2. The molecule has 1 N–H and O–H groups in total. The Labute approximate surface area is 279 Å². The molecule has 1 aromatic carbocycles. The molecule has 0 aliphatic carbocycles. The van der Waals surface area contributed by atoms with Gasteiger partial charge in [-0.3, -0.25) is 9.47 Å². The number of fused-ring (bicyclic) bond motifs is 2. The molecular formula is C33H44N6O7S. The number of imidazole rings is 1. The fraction of sp³-hybridized carbons (Fsp3) is 0.606. The van der Waals surface area contributed by atoms with Crippen molar-refractivity contribution >= 4 is 40.8 Å². The van der Waals surface area contributed by atoms with E-state index in [2.05, 4.69) is 44.5 Å². The second-order valence-corrected chi connectivity index (χ2v) is 14.9. The molecule has 3 aromatic rings. The third-order valence-electron chi connectivity index (χ3n) is 8.40. The molecule has 3 saturated heterocycles. The maximum Gasteiger partial charge on any atom is 0.411 e. The SMILES string of the molecule is COC(=O)[C@@H]1C[C@H](SC[C@H]2O[C@@H](n3cnc4c(NCCCc5ccccc5)ncnc43)[C@@H]3OC(C)(C)O[C@@H]32)CN1C(=O)OC(C)(C)C. The smallest absolute Gasteiger partial charge is 0.411 e. The third kappa shape index (κ3) is 7.50. The predicted molar refractivity (Wildman–Crippen MR) is 176 cm³/mol. The van der Waals surface area contributed by atoms with Crippen molar-refractivity contribution in [3.63, 3.8) is 0 Å². The summed E-state index contributed by atoms with van der Waals surface area (Å²) in [6.45, 7) is 10.3. The Hall–Kier alpha value is -3.46. The Kier molecular flexibility index (Phi) is 9.66. The zero-order valence-corrected chi connectivity index (χ0v) is 28.6. The van der Waals surface area contributed by atoms with E-state index in [0.29, 0.717) is 35.7 Å². The van der Waals surface area contributed by atoms with Crippen LogP contribution in [0.2, 0.25) is 0 Å². The van der Waals surface area contributed by atoms with Crippen molar-refractivity contribution in [1.29, 1.82) is 0 Å². The molecule has 6 rings (SSSR count). The average molecular weight is 669 g/mol. The first-order valence-electron chi connectivity index (χ1n) is 16.1. The van der Waals surface area contributed by atoms with Crippen LogP contribution in [0.25, 0.3) is 11.2 Å². The molecule has 0 spiro atoms. The van der Waals surface area contributed by atoms with Crippen LogP contribution in [0, 0.1) is 0 Å². The number of aromatic nitrogens is 4. The zero-order chi connectivity index (χ0) is 33.3. The van der Waals surface area contributed by atoms with Crippen LogP contribution in [-0.2, 0) is 34.9 Å². The molecule has 3 aliphatic rings. The summed E-state index contributed by atoms with van der Waals surface area (Å²) in [5.74, 6) is -0.0189. The van der Waals surface area contributed by atoms with Gasteiger partial charge in [-0.1, -0.05) is 30.3 Å². The number of carbonyl (C=O) groups is 2. The molecule has 254 valence electrons. The number of nitrogens with zero attached hydrogens (tertiary/aromatic N) is 5. The van der Waals surface area contributed by atoms with E-state index in [4.69, 9.17) is 23.7 Å². The summed E-state index contributed by atoms with van der Waals surface area (Å²) in [6.07, 6.45) is 3.51. The third-order valence-corrected chi connectivity index (χ3v) is 9.73. The maximum atomic E-state index is 13.0. The highest BCUT2D eigenvalue weighted by Crippen LogP contribution is 2.45. The second-order valence-electron chi connectivity index (χ2n) is 13.6. The van der Waals surface area contributed by atoms with Crippen LogP contribution < -0.4 is 5.32 Å². The number of anilines is 1. The van der Waals surface area contributed by atoms with E-state index in [-0.39, 0.29) is 17.5 Å². The predicted octanol–water partition coefficient (Wildman–Crippen LogP) is 4.57. The minimum absolute atomic E-state index is 0.0274. The first-order chi connectivity index (χ1) is 22.4. The normalized spacial score (nSPS) is 26.8. The van der Waals surface area contributed by atoms with Crippen molar-refractivity contribution in [2.45, 2.75) is 101 Å². The number of thioether (sulfide) groups is 1. The van der Waals surface area contributed by atoms with Gasteiger partial charge in [-0.25, -0.2) is 24.5 Å². The quantitative estimate of drug-likeness (QED) is 0.239. The highest BCUT2D eigenvalue weighted by molar-refractivity contribution is 8.00. The molecule has 3 fully saturated rings. The van der Waals surface area contributed by atoms with Gasteiger partial charge in [0.1, 0.15) is 30.2 Å². The Morgan fingerprint density at radius 3 is 2.62 bits per heavy atom. The number of hydrogen-bond donors (Lipinski definition) is 1. The first-order valence-corrected chi connectivity index (χ1v) is 17.1. The number of nitrogens with one attached hydrogen (secondary N) is 1. The van der Waals surface area contributed by atoms with Gasteiger partial charge in [-0.2, -0.15) is 11.8 Å². The number of methoxy groups -OCH3 is 1. The van der Waals surface area contributed by atoms with E-state index in [1.54, 1.807) is 38.9 Å². The summed E-state index contributed by atoms with van der Waals surface area (Å²) in [5, 5.41) is 3.40. The topological polar surface area (TPSA) is 139 Å². The van der Waals surface area contributed by atoms with E-state index in [1.807, 2.05) is 24.5 Å². The van der Waals surface area contributed by atoms with Crippen LogP contribution in [0.3, 0.4) is 0 Å². The van der Waals surface area contributed by atoms with Gasteiger partial charge in [0.05, 0.1) is 19.5 Å². The fourth-order valence-electron chi connectivity index (χ4n) is 6.36. The van der Waals surface area contributed by atoms with E-state index >= 15 is 0 Å². The molecule has 14 heteroatoms. The molecule has 0 radical (unpaired) electrons. The molecule has 0 bridgehead atoms. The Morgan fingerprint density at radius 2 is 1.87 bits per heavy atom. The molecule has 0 saturated carbocycles. The van der Waals surface area contributed by atoms with Crippen molar-refractivity contribution in [2.24, 2.45) is 0 Å². The second kappa shape index (κ2) is 13.6. The van der Waals surface area contributed by atoms with Gasteiger partial charge in [0, 0.05) is 24.1 Å². The van der Waals surface area contributed by atoms with E-state index in [9.17, 15) is 9.59 Å². The number of likely N-dealkylation sites (tertiary alicyclic amines) is 1. The van der Waals surface area contributed by atoms with Gasteiger partial charge in [0.15, 0.2) is 29.0 Å². The molecule has 2 aromatic heterocycles. The van der Waals surface area contributed by atoms with Crippen molar-refractivity contribution < 1.29 is 33.3 Å². The number of esters is 1. The summed E-state index contributed by atoms with van der Waals surface area (Å²) >= 11 is 1.64. The van der Waals surface area contributed by atoms with Gasteiger partial charge < -0.3 is 29.0 Å².